The average molecular weight is 413 g/mol. The maximum atomic E-state index is 8.81. The van der Waals surface area contributed by atoms with Gasteiger partial charge in [-0.15, -0.1) is 26.2 Å². The molecule has 0 saturated carbocycles. The Morgan fingerprint density at radius 1 is 0.700 bits per heavy atom. The topological polar surface area (TPSA) is 167 Å². The zero-order valence-corrected chi connectivity index (χ0v) is 13.8. The first-order valence-corrected chi connectivity index (χ1v) is 6.97. The van der Waals surface area contributed by atoms with Gasteiger partial charge in [0.15, 0.2) is 0 Å². The summed E-state index contributed by atoms with van der Waals surface area (Å²) in [7, 11) is 4.20. The van der Waals surface area contributed by atoms with Crippen molar-refractivity contribution >= 4 is 10.1 Å². The van der Waals surface area contributed by atoms with E-state index in [2.05, 4.69) is 25.2 Å². The normalized spacial score (nSPS) is 8.75. The summed E-state index contributed by atoms with van der Waals surface area (Å²) in [4.78, 5) is 0. The third-order valence-electron chi connectivity index (χ3n) is 1.91. The van der Waals surface area contributed by atoms with Crippen molar-refractivity contribution < 1.29 is 47.9 Å². The molecule has 0 aliphatic heterocycles. The molecule has 7 nitrogen and oxygen atoms in total. The van der Waals surface area contributed by atoms with Crippen molar-refractivity contribution in [2.24, 2.45) is 0 Å². The molecule has 0 aliphatic carbocycles. The molecule has 0 heterocycles. The summed E-state index contributed by atoms with van der Waals surface area (Å²) in [5, 5.41) is 17.6. The van der Waals surface area contributed by atoms with Gasteiger partial charge in [0.25, 0.3) is 0 Å². The summed E-state index contributed by atoms with van der Waals surface area (Å²) >= 11 is 3.66. The van der Waals surface area contributed by atoms with Crippen LogP contribution in [0.15, 0.2) is 0 Å². The van der Waals surface area contributed by atoms with Crippen LogP contribution in [-0.4, -0.2) is 54.1 Å². The van der Waals surface area contributed by atoms with Crippen molar-refractivity contribution in [1.29, 1.82) is 0 Å². The molecule has 0 aromatic rings. The van der Waals surface area contributed by atoms with Crippen molar-refractivity contribution in [3.63, 3.8) is 0 Å². The molecular weight excluding hydrogens is 387 g/mol. The van der Waals surface area contributed by atoms with Crippen LogP contribution in [-0.2, 0) is 32.2 Å². The third kappa shape index (κ3) is 36.4. The van der Waals surface area contributed by atoms with E-state index in [-0.39, 0.29) is 48.7 Å². The Balaban J connectivity index is -0.0000000611. The third-order valence-corrected chi connectivity index (χ3v) is 1.91. The Morgan fingerprint density at radius 3 is 0.950 bits per heavy atom. The molecule has 20 heavy (non-hydrogen) atoms. The number of halogens is 1. The molecule has 136 valence electrons. The minimum absolute atomic E-state index is 0. The predicted octanol–water partition coefficient (Wildman–Crippen LogP) is 2.32. The van der Waals surface area contributed by atoms with Crippen molar-refractivity contribution in [1.82, 2.24) is 0 Å². The first kappa shape index (κ1) is 32.8. The van der Waals surface area contributed by atoms with Gasteiger partial charge in [0.1, 0.15) is 0 Å². The second kappa shape index (κ2) is 32.1. The summed E-state index contributed by atoms with van der Waals surface area (Å²) in [6.45, 7) is 1.06. The fraction of sp³-hybridized carbons (Fsp3) is 1.00. The molecule has 0 unspecified atom stereocenters. The Morgan fingerprint density at radius 2 is 0.850 bits per heavy atom. The number of rotatable bonds is 8. The van der Waals surface area contributed by atoms with E-state index in [4.69, 9.17) is 33.1 Å². The maximum absolute atomic E-state index is 8.81. The number of hydrogen-bond acceptors (Lipinski definition) is 2. The van der Waals surface area contributed by atoms with E-state index in [1.54, 1.807) is 0 Å². The Labute approximate surface area is 145 Å². The van der Waals surface area contributed by atoms with Crippen molar-refractivity contribution in [3.05, 3.63) is 22.9 Å². The Hall–Kier alpha value is 1.05. The molecule has 0 spiro atoms. The number of hydrogen-bond donors (Lipinski definition) is 2. The molecule has 0 rings (SSSR count). The number of aliphatic hydroxyl groups is 2. The minimum Gasteiger partial charge on any atom is -0.677 e. The summed E-state index contributed by atoms with van der Waals surface area (Å²) < 4.78 is 0. The molecule has 0 aromatic carbocycles. The number of aliphatic hydroxyl groups excluding tert-OH is 2. The van der Waals surface area contributed by atoms with Crippen LogP contribution in [0.3, 0.4) is 0 Å². The largest absolute Gasteiger partial charge is 1.00 e. The molecular formula is C10H26ClCu2N4O3-3. The van der Waals surface area contributed by atoms with Gasteiger partial charge in [-0.3, -0.25) is 0 Å². The first-order valence-electron chi connectivity index (χ1n) is 5.68. The summed E-state index contributed by atoms with van der Waals surface area (Å²) in [5.41, 5.74) is 26.8. The molecule has 0 aromatic heterocycles. The summed E-state index contributed by atoms with van der Waals surface area (Å²) in [6, 6.07) is 0. The molecule has 0 aliphatic rings. The smallest absolute Gasteiger partial charge is 0.677 e. The molecule has 0 fully saturated rings. The van der Waals surface area contributed by atoms with Crippen LogP contribution >= 0.6 is 10.1 Å². The zero-order valence-electron chi connectivity index (χ0n) is 11.2. The maximum Gasteiger partial charge on any atom is 1.00 e. The predicted molar refractivity (Wildman–Crippen MR) is 76.7 cm³/mol. The SMILES string of the molecule is O.[Cl][Cu].[Cu+].[NH-]CCC(O)CC[NH-].[NH-]CCC(O)CC[NH-]. The molecule has 0 atom stereocenters. The van der Waals surface area contributed by atoms with Crippen LogP contribution in [0.25, 0.3) is 22.9 Å². The van der Waals surface area contributed by atoms with Gasteiger partial charge in [-0.2, -0.15) is 0 Å². The van der Waals surface area contributed by atoms with E-state index in [0.29, 0.717) is 25.7 Å². The summed E-state index contributed by atoms with van der Waals surface area (Å²) in [5.74, 6) is 0. The molecule has 0 amide bonds. The minimum atomic E-state index is -0.412. The van der Waals surface area contributed by atoms with E-state index >= 15 is 0 Å². The van der Waals surface area contributed by atoms with Crippen LogP contribution in [0.1, 0.15) is 25.7 Å². The molecule has 0 radical (unpaired) electrons. The van der Waals surface area contributed by atoms with E-state index in [1.807, 2.05) is 0 Å². The van der Waals surface area contributed by atoms with Crippen LogP contribution in [0.5, 0.6) is 0 Å². The zero-order chi connectivity index (χ0) is 14.8. The second-order valence-electron chi connectivity index (χ2n) is 3.46. The molecule has 0 bridgehead atoms. The van der Waals surface area contributed by atoms with Gasteiger partial charge in [-0.1, -0.05) is 0 Å². The van der Waals surface area contributed by atoms with Crippen LogP contribution in [0.2, 0.25) is 0 Å². The fourth-order valence-electron chi connectivity index (χ4n) is 0.955. The van der Waals surface area contributed by atoms with Crippen LogP contribution in [0, 0.1) is 0 Å². The molecule has 8 N–H and O–H groups in total. The van der Waals surface area contributed by atoms with Gasteiger partial charge in [-0.25, -0.2) is 0 Å². The second-order valence-corrected chi connectivity index (χ2v) is 3.46. The van der Waals surface area contributed by atoms with Gasteiger partial charge in [-0.05, 0) is 25.7 Å². The first-order chi connectivity index (χ1) is 8.62. The molecule has 10 heteroatoms. The van der Waals surface area contributed by atoms with Gasteiger partial charge in [0, 0.05) is 0 Å². The van der Waals surface area contributed by atoms with Gasteiger partial charge >= 0.3 is 42.3 Å². The Bertz CT molecular complexity index is 119. The Kier molecular flexibility index (Phi) is 52.8. The monoisotopic (exact) mass is 411 g/mol. The average Bonchev–Trinajstić information content (AvgIpc) is 2.34. The molecule has 0 saturated heterocycles. The standard InChI is InChI=1S/2C5H12N2O.ClH.2Cu.H2O/c2*6-3-1-5(8)2-4-7;;;;/h2*5-8H,1-4H2;1H;;;1H2/q2*-2;;2*+1;/p-1. The van der Waals surface area contributed by atoms with Crippen molar-refractivity contribution in [3.8, 4) is 0 Å². The van der Waals surface area contributed by atoms with Crippen LogP contribution in [0.4, 0.5) is 0 Å². The van der Waals surface area contributed by atoms with E-state index in [9.17, 15) is 0 Å². The van der Waals surface area contributed by atoms with E-state index in [0.717, 1.165) is 0 Å². The van der Waals surface area contributed by atoms with Crippen molar-refractivity contribution in [2.45, 2.75) is 37.9 Å². The fourth-order valence-corrected chi connectivity index (χ4v) is 0.955. The van der Waals surface area contributed by atoms with Crippen molar-refractivity contribution in [2.75, 3.05) is 26.2 Å². The van der Waals surface area contributed by atoms with E-state index < -0.39 is 12.2 Å². The quantitative estimate of drug-likeness (QED) is 0.584. The summed E-state index contributed by atoms with van der Waals surface area (Å²) in [6.07, 6.45) is 1.23. The van der Waals surface area contributed by atoms with Gasteiger partial charge < -0.3 is 38.6 Å². The number of nitrogens with one attached hydrogen (secondary N) is 4. The van der Waals surface area contributed by atoms with Gasteiger partial charge in [0.05, 0.1) is 12.2 Å². The van der Waals surface area contributed by atoms with Gasteiger partial charge in [0.2, 0.25) is 0 Å². The van der Waals surface area contributed by atoms with E-state index in [1.165, 1.54) is 0 Å². The van der Waals surface area contributed by atoms with Crippen LogP contribution < -0.4 is 0 Å².